The molecule has 2 aromatic rings. The van der Waals surface area contributed by atoms with Gasteiger partial charge in [0, 0.05) is 25.4 Å². The van der Waals surface area contributed by atoms with Crippen LogP contribution >= 0.6 is 0 Å². The minimum absolute atomic E-state index is 0.0740. The van der Waals surface area contributed by atoms with Crippen LogP contribution in [0.1, 0.15) is 42.5 Å². The van der Waals surface area contributed by atoms with Crippen LogP contribution in [0.5, 0.6) is 0 Å². The van der Waals surface area contributed by atoms with Crippen molar-refractivity contribution in [3.05, 3.63) is 35.9 Å². The third-order valence-corrected chi connectivity index (χ3v) is 3.36. The number of aromatic carboxylic acids is 1. The van der Waals surface area contributed by atoms with Crippen LogP contribution in [-0.4, -0.2) is 36.5 Å². The number of carbonyl (C=O) groups is 2. The first kappa shape index (κ1) is 15.7. The minimum atomic E-state index is -1.06. The lowest BCUT2D eigenvalue weighted by Gasteiger charge is -2.15. The minimum Gasteiger partial charge on any atom is -0.477 e. The summed E-state index contributed by atoms with van der Waals surface area (Å²) < 4.78 is 3.13. The first-order chi connectivity index (χ1) is 10.5. The lowest BCUT2D eigenvalue weighted by Crippen LogP contribution is -2.29. The highest BCUT2D eigenvalue weighted by atomic mass is 16.4. The highest BCUT2D eigenvalue weighted by Crippen LogP contribution is 2.11. The molecule has 2 aromatic heterocycles. The van der Waals surface area contributed by atoms with E-state index in [0.717, 1.165) is 12.2 Å². The van der Waals surface area contributed by atoms with E-state index in [-0.39, 0.29) is 30.6 Å². The molecular formula is C14H19N5O3. The maximum absolute atomic E-state index is 12.0. The van der Waals surface area contributed by atoms with Gasteiger partial charge in [0.2, 0.25) is 5.91 Å². The average molecular weight is 305 g/mol. The van der Waals surface area contributed by atoms with Gasteiger partial charge in [0.1, 0.15) is 5.69 Å². The van der Waals surface area contributed by atoms with Crippen molar-refractivity contribution in [2.45, 2.75) is 39.4 Å². The summed E-state index contributed by atoms with van der Waals surface area (Å²) >= 11 is 0. The Balaban J connectivity index is 1.90. The Morgan fingerprint density at radius 2 is 1.95 bits per heavy atom. The van der Waals surface area contributed by atoms with Crippen LogP contribution in [-0.2, 0) is 17.9 Å². The van der Waals surface area contributed by atoms with Gasteiger partial charge in [0.15, 0.2) is 0 Å². The zero-order valence-electron chi connectivity index (χ0n) is 12.6. The van der Waals surface area contributed by atoms with Gasteiger partial charge in [-0.3, -0.25) is 14.2 Å². The maximum Gasteiger partial charge on any atom is 0.354 e. The van der Waals surface area contributed by atoms with Crippen molar-refractivity contribution in [1.29, 1.82) is 0 Å². The van der Waals surface area contributed by atoms with Gasteiger partial charge in [0.25, 0.3) is 0 Å². The van der Waals surface area contributed by atoms with Crippen molar-refractivity contribution >= 4 is 11.9 Å². The number of hydrogen-bond donors (Lipinski definition) is 2. The van der Waals surface area contributed by atoms with Crippen molar-refractivity contribution in [2.24, 2.45) is 0 Å². The molecule has 1 atom stereocenters. The lowest BCUT2D eigenvalue weighted by atomic mass is 10.2. The third-order valence-electron chi connectivity index (χ3n) is 3.36. The summed E-state index contributed by atoms with van der Waals surface area (Å²) in [6, 6.07) is 3.11. The van der Waals surface area contributed by atoms with Crippen LogP contribution in [0.15, 0.2) is 24.5 Å². The molecule has 0 aromatic carbocycles. The Hall–Kier alpha value is -2.64. The molecule has 0 aliphatic heterocycles. The summed E-state index contributed by atoms with van der Waals surface area (Å²) in [6.45, 7) is 4.83. The fourth-order valence-electron chi connectivity index (χ4n) is 2.26. The normalized spacial score (nSPS) is 12.1. The van der Waals surface area contributed by atoms with Gasteiger partial charge in [-0.05, 0) is 26.0 Å². The van der Waals surface area contributed by atoms with E-state index in [1.165, 1.54) is 16.9 Å². The third kappa shape index (κ3) is 3.51. The zero-order valence-corrected chi connectivity index (χ0v) is 12.6. The molecule has 118 valence electrons. The number of carboxylic acid groups (broad SMARTS) is 1. The highest BCUT2D eigenvalue weighted by Gasteiger charge is 2.15. The largest absolute Gasteiger partial charge is 0.477 e. The van der Waals surface area contributed by atoms with Crippen LogP contribution in [0.4, 0.5) is 0 Å². The van der Waals surface area contributed by atoms with Crippen LogP contribution in [0.3, 0.4) is 0 Å². The summed E-state index contributed by atoms with van der Waals surface area (Å²) in [5.41, 5.74) is 1.01. The van der Waals surface area contributed by atoms with E-state index in [1.807, 2.05) is 24.6 Å². The molecule has 8 nitrogen and oxygen atoms in total. The average Bonchev–Trinajstić information content (AvgIpc) is 3.13. The fourth-order valence-corrected chi connectivity index (χ4v) is 2.26. The number of aryl methyl sites for hydroxylation is 2. The molecule has 0 saturated heterocycles. The summed E-state index contributed by atoms with van der Waals surface area (Å²) in [5, 5.41) is 19.9. The lowest BCUT2D eigenvalue weighted by molar-refractivity contribution is -0.122. The number of rotatable bonds is 7. The number of nitrogens with one attached hydrogen (secondary N) is 1. The zero-order chi connectivity index (χ0) is 16.1. The number of nitrogens with zero attached hydrogens (tertiary/aromatic N) is 4. The fraction of sp³-hybridized carbons (Fsp3) is 0.429. The predicted octanol–water partition coefficient (Wildman–Crippen LogP) is 1.07. The van der Waals surface area contributed by atoms with Crippen molar-refractivity contribution in [3.63, 3.8) is 0 Å². The van der Waals surface area contributed by atoms with Gasteiger partial charge in [-0.2, -0.15) is 10.2 Å². The first-order valence-electron chi connectivity index (χ1n) is 7.09. The van der Waals surface area contributed by atoms with Gasteiger partial charge >= 0.3 is 5.97 Å². The SMILES string of the molecule is CCn1nccc1C(C)NC(=O)CCn1nccc1C(=O)O. The number of hydrogen-bond acceptors (Lipinski definition) is 4. The van der Waals surface area contributed by atoms with Gasteiger partial charge in [-0.25, -0.2) is 4.79 Å². The number of carbonyl (C=O) groups excluding carboxylic acids is 1. The Morgan fingerprint density at radius 3 is 2.64 bits per heavy atom. The van der Waals surface area contributed by atoms with Gasteiger partial charge in [0.05, 0.1) is 18.3 Å². The van der Waals surface area contributed by atoms with Crippen molar-refractivity contribution < 1.29 is 14.7 Å². The Morgan fingerprint density at radius 1 is 1.27 bits per heavy atom. The van der Waals surface area contributed by atoms with E-state index in [0.29, 0.717) is 0 Å². The number of aromatic nitrogens is 4. The summed E-state index contributed by atoms with van der Waals surface area (Å²) in [4.78, 5) is 23.0. The Bertz CT molecular complexity index is 661. The van der Waals surface area contributed by atoms with E-state index in [4.69, 9.17) is 5.11 Å². The monoisotopic (exact) mass is 305 g/mol. The molecule has 1 unspecified atom stereocenters. The maximum atomic E-state index is 12.0. The van der Waals surface area contributed by atoms with E-state index >= 15 is 0 Å². The second kappa shape index (κ2) is 6.88. The van der Waals surface area contributed by atoms with E-state index in [2.05, 4.69) is 15.5 Å². The first-order valence-corrected chi connectivity index (χ1v) is 7.09. The number of carboxylic acids is 1. The smallest absolute Gasteiger partial charge is 0.354 e. The standard InChI is InChI=1S/C14H19N5O3/c1-3-18-11(4-7-15-18)10(2)17-13(20)6-9-19-12(14(21)22)5-8-16-19/h4-5,7-8,10H,3,6,9H2,1-2H3,(H,17,20)(H,21,22). The number of amides is 1. The molecule has 0 bridgehead atoms. The van der Waals surface area contributed by atoms with E-state index in [9.17, 15) is 9.59 Å². The van der Waals surface area contributed by atoms with E-state index < -0.39 is 5.97 Å². The molecule has 0 radical (unpaired) electrons. The van der Waals surface area contributed by atoms with Crippen LogP contribution in [0.2, 0.25) is 0 Å². The molecule has 0 aliphatic carbocycles. The van der Waals surface area contributed by atoms with Gasteiger partial charge in [-0.15, -0.1) is 0 Å². The molecule has 0 spiro atoms. The van der Waals surface area contributed by atoms with Crippen LogP contribution in [0.25, 0.3) is 0 Å². The molecule has 0 aliphatic rings. The summed E-state index contributed by atoms with van der Waals surface area (Å²) in [5.74, 6) is -1.22. The molecular weight excluding hydrogens is 286 g/mol. The Kier molecular flexibility index (Phi) is 4.92. The molecule has 0 fully saturated rings. The summed E-state index contributed by atoms with van der Waals surface area (Å²) in [7, 11) is 0. The van der Waals surface area contributed by atoms with Crippen LogP contribution in [0, 0.1) is 0 Å². The van der Waals surface area contributed by atoms with Crippen molar-refractivity contribution in [3.8, 4) is 0 Å². The van der Waals surface area contributed by atoms with Gasteiger partial charge in [-0.1, -0.05) is 0 Å². The topological polar surface area (TPSA) is 102 Å². The quantitative estimate of drug-likeness (QED) is 0.796. The summed E-state index contributed by atoms with van der Waals surface area (Å²) in [6.07, 6.45) is 3.26. The van der Waals surface area contributed by atoms with Crippen molar-refractivity contribution in [2.75, 3.05) is 0 Å². The van der Waals surface area contributed by atoms with E-state index in [1.54, 1.807) is 6.20 Å². The molecule has 2 rings (SSSR count). The molecule has 2 heterocycles. The van der Waals surface area contributed by atoms with Crippen molar-refractivity contribution in [1.82, 2.24) is 24.9 Å². The second-order valence-corrected chi connectivity index (χ2v) is 4.86. The molecule has 2 N–H and O–H groups in total. The molecule has 0 saturated carbocycles. The Labute approximate surface area is 127 Å². The molecule has 1 amide bonds. The highest BCUT2D eigenvalue weighted by molar-refractivity contribution is 5.85. The molecule has 8 heteroatoms. The van der Waals surface area contributed by atoms with Crippen LogP contribution < -0.4 is 5.32 Å². The van der Waals surface area contributed by atoms with Gasteiger partial charge < -0.3 is 10.4 Å². The predicted molar refractivity (Wildman–Crippen MR) is 78.3 cm³/mol. The molecule has 22 heavy (non-hydrogen) atoms. The second-order valence-electron chi connectivity index (χ2n) is 4.86.